The minimum atomic E-state index is -0.0955. The van der Waals surface area contributed by atoms with E-state index in [2.05, 4.69) is 5.32 Å². The third-order valence-electron chi connectivity index (χ3n) is 3.82. The minimum absolute atomic E-state index is 0. The smallest absolute Gasteiger partial charge is 0.228 e. The monoisotopic (exact) mass is 312 g/mol. The number of hydrogen-bond donors (Lipinski definition) is 1. The van der Waals surface area contributed by atoms with Gasteiger partial charge in [-0.2, -0.15) is 0 Å². The summed E-state index contributed by atoms with van der Waals surface area (Å²) >= 11 is 0. The van der Waals surface area contributed by atoms with Gasteiger partial charge in [-0.3, -0.25) is 4.79 Å². The van der Waals surface area contributed by atoms with Crippen molar-refractivity contribution >= 4 is 18.3 Å². The number of nitrogens with one attached hydrogen (secondary N) is 1. The van der Waals surface area contributed by atoms with E-state index in [4.69, 9.17) is 9.47 Å². The Morgan fingerprint density at radius 2 is 2.05 bits per heavy atom. The molecule has 3 rings (SSSR count). The average Bonchev–Trinajstić information content (AvgIpc) is 2.42. The number of rotatable bonds is 4. The van der Waals surface area contributed by atoms with Crippen molar-refractivity contribution in [3.63, 3.8) is 0 Å². The molecule has 1 saturated heterocycles. The van der Waals surface area contributed by atoms with E-state index in [0.29, 0.717) is 19.7 Å². The van der Waals surface area contributed by atoms with Crippen molar-refractivity contribution in [1.82, 2.24) is 10.2 Å². The Morgan fingerprint density at radius 1 is 1.33 bits per heavy atom. The summed E-state index contributed by atoms with van der Waals surface area (Å²) in [6.45, 7) is 5.36. The Morgan fingerprint density at radius 3 is 2.67 bits per heavy atom. The standard InChI is InChI=1S/C15H20N2O3.ClH/c1-2-17(15(18)11-7-16-8-11)9-12-10-19-13-5-3-4-6-14(13)20-12;/h3-6,11-12,16H,2,7-10H2,1H3;1H. The number of para-hydroxylation sites is 2. The van der Waals surface area contributed by atoms with Crippen LogP contribution >= 0.6 is 12.4 Å². The molecule has 0 bridgehead atoms. The van der Waals surface area contributed by atoms with Crippen LogP contribution in [0.25, 0.3) is 0 Å². The molecule has 1 aromatic carbocycles. The summed E-state index contributed by atoms with van der Waals surface area (Å²) in [5.74, 6) is 1.89. The molecule has 21 heavy (non-hydrogen) atoms. The second-order valence-electron chi connectivity index (χ2n) is 5.23. The molecule has 2 heterocycles. The quantitative estimate of drug-likeness (QED) is 0.911. The molecule has 1 amide bonds. The molecular formula is C15H21ClN2O3. The summed E-state index contributed by atoms with van der Waals surface area (Å²) in [5.41, 5.74) is 0. The Labute approximate surface area is 131 Å². The first-order chi connectivity index (χ1) is 9.78. The topological polar surface area (TPSA) is 50.8 Å². The van der Waals surface area contributed by atoms with Gasteiger partial charge in [0.15, 0.2) is 17.6 Å². The first-order valence-corrected chi connectivity index (χ1v) is 7.16. The Hall–Kier alpha value is -1.46. The van der Waals surface area contributed by atoms with Crippen LogP contribution in [0, 0.1) is 5.92 Å². The molecule has 0 saturated carbocycles. The van der Waals surface area contributed by atoms with Crippen LogP contribution in [0.15, 0.2) is 24.3 Å². The molecule has 0 aromatic heterocycles. The Balaban J connectivity index is 0.00000161. The predicted octanol–water partition coefficient (Wildman–Crippen LogP) is 1.32. The largest absolute Gasteiger partial charge is 0.486 e. The van der Waals surface area contributed by atoms with Crippen LogP contribution in [0.2, 0.25) is 0 Å². The SMILES string of the molecule is CCN(CC1COc2ccccc2O1)C(=O)C1CNC1.Cl. The molecule has 0 spiro atoms. The van der Waals surface area contributed by atoms with Crippen LogP contribution in [0.3, 0.4) is 0 Å². The lowest BCUT2D eigenvalue weighted by Crippen LogP contribution is -2.54. The normalized spacial score (nSPS) is 20.1. The number of carbonyl (C=O) groups excluding carboxylic acids is 1. The number of ether oxygens (including phenoxy) is 2. The minimum Gasteiger partial charge on any atom is -0.486 e. The van der Waals surface area contributed by atoms with E-state index >= 15 is 0 Å². The zero-order valence-corrected chi connectivity index (χ0v) is 12.9. The highest BCUT2D eigenvalue weighted by Gasteiger charge is 2.31. The van der Waals surface area contributed by atoms with E-state index in [0.717, 1.165) is 24.6 Å². The van der Waals surface area contributed by atoms with E-state index in [1.54, 1.807) is 0 Å². The summed E-state index contributed by atoms with van der Waals surface area (Å²) in [4.78, 5) is 14.1. The summed E-state index contributed by atoms with van der Waals surface area (Å²) in [5, 5.41) is 3.13. The van der Waals surface area contributed by atoms with Gasteiger partial charge in [-0.25, -0.2) is 0 Å². The molecule has 1 unspecified atom stereocenters. The van der Waals surface area contributed by atoms with Crippen molar-refractivity contribution in [2.45, 2.75) is 13.0 Å². The first kappa shape index (κ1) is 15.9. The van der Waals surface area contributed by atoms with E-state index in [1.165, 1.54) is 0 Å². The molecule has 1 aromatic rings. The maximum absolute atomic E-state index is 12.3. The summed E-state index contributed by atoms with van der Waals surface area (Å²) in [6.07, 6.45) is -0.0955. The number of halogens is 1. The fourth-order valence-corrected chi connectivity index (χ4v) is 2.50. The number of fused-ring (bicyclic) bond motifs is 1. The highest BCUT2D eigenvalue weighted by molar-refractivity contribution is 5.85. The number of hydrogen-bond acceptors (Lipinski definition) is 4. The molecule has 1 N–H and O–H groups in total. The summed E-state index contributed by atoms with van der Waals surface area (Å²) in [6, 6.07) is 7.64. The van der Waals surface area contributed by atoms with Crippen LogP contribution in [-0.4, -0.2) is 49.7 Å². The van der Waals surface area contributed by atoms with Crippen molar-refractivity contribution in [3.8, 4) is 11.5 Å². The van der Waals surface area contributed by atoms with Crippen LogP contribution in [0.1, 0.15) is 6.92 Å². The van der Waals surface area contributed by atoms with Crippen molar-refractivity contribution in [2.75, 3.05) is 32.8 Å². The number of carbonyl (C=O) groups is 1. The van der Waals surface area contributed by atoms with Gasteiger partial charge in [-0.05, 0) is 19.1 Å². The zero-order valence-electron chi connectivity index (χ0n) is 12.1. The van der Waals surface area contributed by atoms with Crippen molar-refractivity contribution in [1.29, 1.82) is 0 Å². The van der Waals surface area contributed by atoms with Gasteiger partial charge in [0.2, 0.25) is 5.91 Å². The molecule has 1 atom stereocenters. The fraction of sp³-hybridized carbons (Fsp3) is 0.533. The maximum Gasteiger partial charge on any atom is 0.228 e. The highest BCUT2D eigenvalue weighted by atomic mass is 35.5. The molecule has 1 fully saturated rings. The van der Waals surface area contributed by atoms with E-state index in [1.807, 2.05) is 36.1 Å². The first-order valence-electron chi connectivity index (χ1n) is 7.16. The van der Waals surface area contributed by atoms with Gasteiger partial charge in [-0.1, -0.05) is 12.1 Å². The van der Waals surface area contributed by atoms with Gasteiger partial charge in [0.05, 0.1) is 12.5 Å². The van der Waals surface area contributed by atoms with Crippen LogP contribution in [0.5, 0.6) is 11.5 Å². The van der Waals surface area contributed by atoms with E-state index in [9.17, 15) is 4.79 Å². The lowest BCUT2D eigenvalue weighted by atomic mass is 10.0. The van der Waals surface area contributed by atoms with Gasteiger partial charge in [0.25, 0.3) is 0 Å². The second kappa shape index (κ2) is 7.00. The van der Waals surface area contributed by atoms with E-state index in [-0.39, 0.29) is 30.3 Å². The van der Waals surface area contributed by atoms with Gasteiger partial charge in [0, 0.05) is 19.6 Å². The number of benzene rings is 1. The fourth-order valence-electron chi connectivity index (χ4n) is 2.50. The molecule has 116 valence electrons. The summed E-state index contributed by atoms with van der Waals surface area (Å²) < 4.78 is 11.6. The predicted molar refractivity (Wildman–Crippen MR) is 82.2 cm³/mol. The second-order valence-corrected chi connectivity index (χ2v) is 5.23. The van der Waals surface area contributed by atoms with Crippen molar-refractivity contribution in [2.24, 2.45) is 5.92 Å². The number of amides is 1. The van der Waals surface area contributed by atoms with Gasteiger partial charge in [-0.15, -0.1) is 12.4 Å². The van der Waals surface area contributed by atoms with Crippen molar-refractivity contribution < 1.29 is 14.3 Å². The van der Waals surface area contributed by atoms with E-state index < -0.39 is 0 Å². The molecule has 5 nitrogen and oxygen atoms in total. The van der Waals surface area contributed by atoms with Crippen LogP contribution in [-0.2, 0) is 4.79 Å². The summed E-state index contributed by atoms with van der Waals surface area (Å²) in [7, 11) is 0. The third-order valence-corrected chi connectivity index (χ3v) is 3.82. The lowest BCUT2D eigenvalue weighted by molar-refractivity contribution is -0.138. The number of nitrogens with zero attached hydrogens (tertiary/aromatic N) is 1. The Bertz CT molecular complexity index is 494. The maximum atomic E-state index is 12.3. The molecule has 6 heteroatoms. The third kappa shape index (κ3) is 3.41. The number of likely N-dealkylation sites (N-methyl/N-ethyl adjacent to an activating group) is 1. The molecular weight excluding hydrogens is 292 g/mol. The van der Waals surface area contributed by atoms with Gasteiger partial charge >= 0.3 is 0 Å². The molecule has 2 aliphatic rings. The zero-order chi connectivity index (χ0) is 13.9. The van der Waals surface area contributed by atoms with Crippen LogP contribution < -0.4 is 14.8 Å². The molecule has 2 aliphatic heterocycles. The highest BCUT2D eigenvalue weighted by Crippen LogP contribution is 2.31. The van der Waals surface area contributed by atoms with Gasteiger partial charge < -0.3 is 19.7 Å². The molecule has 0 radical (unpaired) electrons. The molecule has 0 aliphatic carbocycles. The Kier molecular flexibility index (Phi) is 5.31. The van der Waals surface area contributed by atoms with Gasteiger partial charge in [0.1, 0.15) is 6.61 Å². The van der Waals surface area contributed by atoms with Crippen molar-refractivity contribution in [3.05, 3.63) is 24.3 Å². The average molecular weight is 313 g/mol. The van der Waals surface area contributed by atoms with Crippen LogP contribution in [0.4, 0.5) is 0 Å². The lowest BCUT2D eigenvalue weighted by Gasteiger charge is -2.35.